The lowest BCUT2D eigenvalue weighted by Crippen LogP contribution is -2.38. The second-order valence-electron chi connectivity index (χ2n) is 4.97. The van der Waals surface area contributed by atoms with Crippen LogP contribution in [0.25, 0.3) is 0 Å². The third kappa shape index (κ3) is 0.800. The van der Waals surface area contributed by atoms with Crippen LogP contribution in [0.3, 0.4) is 0 Å². The van der Waals surface area contributed by atoms with E-state index in [4.69, 9.17) is 4.74 Å². The molecule has 2 nitrogen and oxygen atoms in total. The Bertz CT molecular complexity index is 329. The maximum Gasteiger partial charge on any atom is 0.333 e. The lowest BCUT2D eigenvalue weighted by atomic mass is 9.62. The molecule has 0 saturated heterocycles. The van der Waals surface area contributed by atoms with Crippen LogP contribution in [0.5, 0.6) is 0 Å². The molecule has 14 heavy (non-hydrogen) atoms. The van der Waals surface area contributed by atoms with E-state index in [1.54, 1.807) is 0 Å². The zero-order valence-corrected chi connectivity index (χ0v) is 8.75. The molecule has 76 valence electrons. The summed E-state index contributed by atoms with van der Waals surface area (Å²) in [4.78, 5) is 11.5. The molecule has 0 spiro atoms. The molecule has 0 radical (unpaired) electrons. The number of carbonyl (C=O) groups is 1. The highest BCUT2D eigenvalue weighted by Gasteiger charge is 2.57. The van der Waals surface area contributed by atoms with Gasteiger partial charge in [-0.3, -0.25) is 0 Å². The lowest BCUT2D eigenvalue weighted by Gasteiger charge is -2.42. The summed E-state index contributed by atoms with van der Waals surface area (Å²) in [6.07, 6.45) is 4.07. The predicted octanol–water partition coefficient (Wildman–Crippen LogP) is 2.15. The summed E-state index contributed by atoms with van der Waals surface area (Å²) < 4.78 is 4.84. The van der Waals surface area contributed by atoms with Crippen LogP contribution in [0.4, 0.5) is 0 Å². The van der Waals surface area contributed by atoms with E-state index in [9.17, 15) is 4.79 Å². The Morgan fingerprint density at radius 3 is 2.57 bits per heavy atom. The van der Waals surface area contributed by atoms with Crippen LogP contribution in [-0.2, 0) is 9.53 Å². The van der Waals surface area contributed by atoms with Gasteiger partial charge >= 0.3 is 5.97 Å². The molecule has 0 N–H and O–H groups in total. The SMILES string of the molecule is COC(=O)C1=C(C)[C@@H]2[C@H]3CC[C@H](C3)[C@H]12. The van der Waals surface area contributed by atoms with Gasteiger partial charge < -0.3 is 4.74 Å². The fourth-order valence-electron chi connectivity index (χ4n) is 4.08. The summed E-state index contributed by atoms with van der Waals surface area (Å²) in [7, 11) is 1.49. The maximum atomic E-state index is 11.5. The molecule has 0 aromatic carbocycles. The first-order valence-corrected chi connectivity index (χ1v) is 5.53. The zero-order valence-electron chi connectivity index (χ0n) is 8.75. The summed E-state index contributed by atoms with van der Waals surface area (Å²) in [6.45, 7) is 2.12. The van der Waals surface area contributed by atoms with Crippen molar-refractivity contribution < 1.29 is 9.53 Å². The van der Waals surface area contributed by atoms with Gasteiger partial charge in [0.05, 0.1) is 7.11 Å². The molecule has 2 bridgehead atoms. The summed E-state index contributed by atoms with van der Waals surface area (Å²) in [5, 5.41) is 0. The largest absolute Gasteiger partial charge is 0.466 e. The Kier molecular flexibility index (Phi) is 1.59. The molecule has 2 saturated carbocycles. The highest BCUT2D eigenvalue weighted by atomic mass is 16.5. The number of methoxy groups -OCH3 is 1. The van der Waals surface area contributed by atoms with Gasteiger partial charge in [-0.05, 0) is 43.9 Å². The first kappa shape index (κ1) is 8.51. The summed E-state index contributed by atoms with van der Waals surface area (Å²) >= 11 is 0. The Morgan fingerprint density at radius 2 is 1.93 bits per heavy atom. The van der Waals surface area contributed by atoms with Gasteiger partial charge in [-0.15, -0.1) is 0 Å². The molecule has 0 amide bonds. The molecule has 3 aliphatic carbocycles. The van der Waals surface area contributed by atoms with Crippen LogP contribution in [-0.4, -0.2) is 13.1 Å². The van der Waals surface area contributed by atoms with Crippen molar-refractivity contribution in [2.45, 2.75) is 26.2 Å². The molecule has 2 fully saturated rings. The van der Waals surface area contributed by atoms with Gasteiger partial charge in [-0.2, -0.15) is 0 Å². The monoisotopic (exact) mass is 192 g/mol. The van der Waals surface area contributed by atoms with Crippen molar-refractivity contribution in [2.75, 3.05) is 7.11 Å². The fraction of sp³-hybridized carbons (Fsp3) is 0.750. The van der Waals surface area contributed by atoms with Crippen molar-refractivity contribution in [2.24, 2.45) is 23.7 Å². The first-order chi connectivity index (χ1) is 6.74. The van der Waals surface area contributed by atoms with Gasteiger partial charge in [-0.1, -0.05) is 5.57 Å². The van der Waals surface area contributed by atoms with E-state index in [0.717, 1.165) is 23.3 Å². The average molecular weight is 192 g/mol. The molecule has 0 unspecified atom stereocenters. The van der Waals surface area contributed by atoms with Crippen LogP contribution < -0.4 is 0 Å². The number of esters is 1. The Hall–Kier alpha value is -0.790. The van der Waals surface area contributed by atoms with E-state index in [0.29, 0.717) is 5.92 Å². The van der Waals surface area contributed by atoms with Crippen molar-refractivity contribution in [1.29, 1.82) is 0 Å². The second kappa shape index (κ2) is 2.62. The standard InChI is InChI=1S/C12H16O2/c1-6-9-7-3-4-8(5-7)11(9)10(6)12(13)14-2/h7-9,11H,3-5H2,1-2H3/t7-,8+,9+,11-/m0/s1. The molecule has 0 aliphatic heterocycles. The number of hydrogen-bond donors (Lipinski definition) is 0. The number of fused-ring (bicyclic) bond motifs is 5. The Morgan fingerprint density at radius 1 is 1.29 bits per heavy atom. The molecular formula is C12H16O2. The van der Waals surface area contributed by atoms with Gasteiger partial charge in [0.1, 0.15) is 0 Å². The summed E-state index contributed by atoms with van der Waals surface area (Å²) in [5.41, 5.74) is 2.35. The predicted molar refractivity (Wildman–Crippen MR) is 52.5 cm³/mol. The van der Waals surface area contributed by atoms with E-state index in [2.05, 4.69) is 6.92 Å². The Balaban J connectivity index is 1.94. The quantitative estimate of drug-likeness (QED) is 0.595. The molecular weight excluding hydrogens is 176 g/mol. The van der Waals surface area contributed by atoms with Crippen LogP contribution in [0.1, 0.15) is 26.2 Å². The van der Waals surface area contributed by atoms with Crippen LogP contribution in [0.15, 0.2) is 11.1 Å². The van der Waals surface area contributed by atoms with Crippen LogP contribution in [0, 0.1) is 23.7 Å². The number of hydrogen-bond acceptors (Lipinski definition) is 2. The van der Waals surface area contributed by atoms with Gasteiger partial charge in [0.15, 0.2) is 0 Å². The summed E-state index contributed by atoms with van der Waals surface area (Å²) in [6, 6.07) is 0. The number of ether oxygens (including phenoxy) is 1. The highest BCUT2D eigenvalue weighted by molar-refractivity contribution is 5.92. The lowest BCUT2D eigenvalue weighted by molar-refractivity contribution is -0.138. The van der Waals surface area contributed by atoms with Crippen LogP contribution in [0.2, 0.25) is 0 Å². The minimum atomic E-state index is -0.0729. The smallest absolute Gasteiger partial charge is 0.333 e. The minimum Gasteiger partial charge on any atom is -0.466 e. The Labute approximate surface area is 84.3 Å². The number of allylic oxidation sites excluding steroid dienone is 1. The second-order valence-corrected chi connectivity index (χ2v) is 4.97. The van der Waals surface area contributed by atoms with Crippen molar-refractivity contribution >= 4 is 5.97 Å². The summed E-state index contributed by atoms with van der Waals surface area (Å²) in [5.74, 6) is 2.92. The first-order valence-electron chi connectivity index (χ1n) is 5.53. The number of carbonyl (C=O) groups excluding carboxylic acids is 1. The molecule has 3 aliphatic rings. The topological polar surface area (TPSA) is 26.3 Å². The fourth-order valence-corrected chi connectivity index (χ4v) is 4.08. The zero-order chi connectivity index (χ0) is 9.87. The molecule has 4 atom stereocenters. The third-order valence-corrected chi connectivity index (χ3v) is 4.58. The molecule has 2 heteroatoms. The van der Waals surface area contributed by atoms with E-state index < -0.39 is 0 Å². The van der Waals surface area contributed by atoms with E-state index >= 15 is 0 Å². The molecule has 0 aromatic rings. The van der Waals surface area contributed by atoms with Crippen LogP contribution >= 0.6 is 0 Å². The highest BCUT2D eigenvalue weighted by Crippen LogP contribution is 2.63. The van der Waals surface area contributed by atoms with E-state index in [1.807, 2.05) is 0 Å². The van der Waals surface area contributed by atoms with Crippen molar-refractivity contribution in [3.05, 3.63) is 11.1 Å². The molecule has 0 aromatic heterocycles. The van der Waals surface area contributed by atoms with Gasteiger partial charge in [0, 0.05) is 11.5 Å². The van der Waals surface area contributed by atoms with Gasteiger partial charge in [0.25, 0.3) is 0 Å². The molecule has 0 heterocycles. The van der Waals surface area contributed by atoms with Crippen molar-refractivity contribution in [1.82, 2.24) is 0 Å². The van der Waals surface area contributed by atoms with Crippen molar-refractivity contribution in [3.8, 4) is 0 Å². The van der Waals surface area contributed by atoms with Gasteiger partial charge in [0.2, 0.25) is 0 Å². The molecule has 3 rings (SSSR count). The average Bonchev–Trinajstić information content (AvgIpc) is 2.73. The van der Waals surface area contributed by atoms with Crippen molar-refractivity contribution in [3.63, 3.8) is 0 Å². The maximum absolute atomic E-state index is 11.5. The minimum absolute atomic E-state index is 0.0729. The van der Waals surface area contributed by atoms with Gasteiger partial charge in [-0.25, -0.2) is 4.79 Å². The van der Waals surface area contributed by atoms with E-state index in [-0.39, 0.29) is 5.97 Å². The number of rotatable bonds is 1. The third-order valence-electron chi connectivity index (χ3n) is 4.58. The normalized spacial score (nSPS) is 43.6. The van der Waals surface area contributed by atoms with E-state index in [1.165, 1.54) is 31.9 Å².